The van der Waals surface area contributed by atoms with Crippen LogP contribution >= 0.6 is 0 Å². The van der Waals surface area contributed by atoms with Crippen LogP contribution in [0.2, 0.25) is 0 Å². The van der Waals surface area contributed by atoms with E-state index < -0.39 is 5.41 Å². The minimum absolute atomic E-state index is 0.00414. The number of nitrogens with zero attached hydrogens (tertiary/aromatic N) is 3. The van der Waals surface area contributed by atoms with E-state index in [2.05, 4.69) is 0 Å². The van der Waals surface area contributed by atoms with Gasteiger partial charge in [-0.05, 0) is 41.5 Å². The van der Waals surface area contributed by atoms with Crippen LogP contribution in [-0.2, 0) is 0 Å². The van der Waals surface area contributed by atoms with E-state index in [1.807, 2.05) is 18.2 Å². The number of hydrogen-bond acceptors (Lipinski definition) is 6. The van der Waals surface area contributed by atoms with Crippen LogP contribution in [0.15, 0.2) is 60.2 Å². The third-order valence-electron chi connectivity index (χ3n) is 4.84. The van der Waals surface area contributed by atoms with Gasteiger partial charge in [-0.15, -0.1) is 0 Å². The van der Waals surface area contributed by atoms with Crippen molar-refractivity contribution in [2.24, 2.45) is 5.41 Å². The summed E-state index contributed by atoms with van der Waals surface area (Å²) in [4.78, 5) is 0. The van der Waals surface area contributed by atoms with E-state index in [0.29, 0.717) is 33.8 Å². The van der Waals surface area contributed by atoms with E-state index in [-0.39, 0.29) is 11.3 Å². The van der Waals surface area contributed by atoms with Gasteiger partial charge in [0.2, 0.25) is 5.41 Å². The number of nitriles is 3. The minimum Gasteiger partial charge on any atom is -0.497 e. The topological polar surface area (TPSA) is 114 Å². The first-order valence-corrected chi connectivity index (χ1v) is 8.62. The molecule has 29 heavy (non-hydrogen) atoms. The van der Waals surface area contributed by atoms with Gasteiger partial charge in [0.05, 0.1) is 37.6 Å². The Morgan fingerprint density at radius 1 is 0.793 bits per heavy atom. The van der Waals surface area contributed by atoms with Crippen molar-refractivity contribution in [2.75, 3.05) is 14.2 Å². The second kappa shape index (κ2) is 7.72. The van der Waals surface area contributed by atoms with Gasteiger partial charge in [-0.2, -0.15) is 15.8 Å². The summed E-state index contributed by atoms with van der Waals surface area (Å²) in [5, 5.41) is 38.0. The highest BCUT2D eigenvalue weighted by Crippen LogP contribution is 2.45. The summed E-state index contributed by atoms with van der Waals surface area (Å²) in [6, 6.07) is 19.8. The Kier molecular flexibility index (Phi) is 5.17. The maximum Gasteiger partial charge on any atom is 0.211 e. The average Bonchev–Trinajstić information content (AvgIpc) is 2.79. The van der Waals surface area contributed by atoms with Crippen LogP contribution in [0, 0.1) is 44.8 Å². The second-order valence-corrected chi connectivity index (χ2v) is 6.26. The van der Waals surface area contributed by atoms with Crippen LogP contribution in [0.3, 0.4) is 0 Å². The van der Waals surface area contributed by atoms with Crippen molar-refractivity contribution in [1.29, 1.82) is 21.2 Å². The second-order valence-electron chi connectivity index (χ2n) is 6.26. The average molecular weight is 380 g/mol. The van der Waals surface area contributed by atoms with E-state index in [9.17, 15) is 15.8 Å². The molecular formula is C23H16N4O2. The van der Waals surface area contributed by atoms with Gasteiger partial charge in [0, 0.05) is 11.1 Å². The van der Waals surface area contributed by atoms with Crippen LogP contribution in [0.5, 0.6) is 11.5 Å². The van der Waals surface area contributed by atoms with Crippen LogP contribution < -0.4 is 9.47 Å². The maximum atomic E-state index is 9.86. The monoisotopic (exact) mass is 380 g/mol. The van der Waals surface area contributed by atoms with Gasteiger partial charge in [0.25, 0.3) is 0 Å². The Bertz CT molecular complexity index is 1140. The lowest BCUT2D eigenvalue weighted by Crippen LogP contribution is -2.33. The normalized spacial score (nSPS) is 14.9. The van der Waals surface area contributed by atoms with Crippen molar-refractivity contribution in [1.82, 2.24) is 0 Å². The van der Waals surface area contributed by atoms with Gasteiger partial charge in [0.15, 0.2) is 0 Å². The first kappa shape index (κ1) is 19.4. The Labute approximate surface area is 168 Å². The Morgan fingerprint density at radius 3 is 1.69 bits per heavy atom. The van der Waals surface area contributed by atoms with Crippen LogP contribution in [-0.4, -0.2) is 19.9 Å². The molecule has 0 bridgehead atoms. The predicted molar refractivity (Wildman–Crippen MR) is 108 cm³/mol. The van der Waals surface area contributed by atoms with Crippen molar-refractivity contribution in [3.63, 3.8) is 0 Å². The highest BCUT2D eigenvalue weighted by atomic mass is 16.5. The molecule has 0 amide bonds. The van der Waals surface area contributed by atoms with Gasteiger partial charge in [0.1, 0.15) is 17.6 Å². The summed E-state index contributed by atoms with van der Waals surface area (Å²) in [7, 11) is 3.10. The van der Waals surface area contributed by atoms with Crippen LogP contribution in [0.4, 0.5) is 0 Å². The summed E-state index contributed by atoms with van der Waals surface area (Å²) in [6.07, 6.45) is 1.65. The molecule has 1 N–H and O–H groups in total. The lowest BCUT2D eigenvalue weighted by molar-refractivity contribution is 0.414. The molecule has 0 aliphatic heterocycles. The molecule has 0 saturated carbocycles. The smallest absolute Gasteiger partial charge is 0.211 e. The fraction of sp³-hybridized carbons (Fsp3) is 0.130. The van der Waals surface area contributed by atoms with Gasteiger partial charge in [-0.1, -0.05) is 24.3 Å². The molecule has 0 atom stereocenters. The fourth-order valence-corrected chi connectivity index (χ4v) is 3.22. The maximum absolute atomic E-state index is 9.86. The molecule has 0 spiro atoms. The van der Waals surface area contributed by atoms with E-state index in [1.165, 1.54) is 0 Å². The molecule has 140 valence electrons. The molecule has 0 aromatic heterocycles. The molecule has 0 fully saturated rings. The van der Waals surface area contributed by atoms with Gasteiger partial charge < -0.3 is 14.9 Å². The Hall–Kier alpha value is -4.34. The zero-order valence-corrected chi connectivity index (χ0v) is 15.9. The zero-order valence-electron chi connectivity index (χ0n) is 15.9. The third kappa shape index (κ3) is 3.12. The van der Waals surface area contributed by atoms with E-state index >= 15 is 0 Å². The summed E-state index contributed by atoms with van der Waals surface area (Å²) < 4.78 is 10.3. The summed E-state index contributed by atoms with van der Waals surface area (Å²) >= 11 is 0. The number of allylic oxidation sites excluding steroid dienone is 4. The summed E-state index contributed by atoms with van der Waals surface area (Å²) in [5.41, 5.74) is -0.105. The highest BCUT2D eigenvalue weighted by Gasteiger charge is 2.45. The van der Waals surface area contributed by atoms with Crippen molar-refractivity contribution >= 4 is 16.9 Å². The molecule has 2 aromatic carbocycles. The molecule has 6 heteroatoms. The number of benzene rings is 2. The largest absolute Gasteiger partial charge is 0.497 e. The van der Waals surface area contributed by atoms with E-state index in [0.717, 1.165) is 0 Å². The SMILES string of the molecule is COc1ccc(C2=CC(c3ccc(OC)cc3)=C(C#N)C(=N)C2(C#N)C#N)cc1. The standard InChI is InChI=1S/C23H16N4O2/c1-28-17-7-3-15(4-8-17)19-11-21(16-5-9-18(29-2)10-6-16)23(13-25,14-26)22(27)20(19)12-24/h3-11,27H,1-2H3. The van der Waals surface area contributed by atoms with Crippen molar-refractivity contribution in [3.05, 3.63) is 71.3 Å². The summed E-state index contributed by atoms with van der Waals surface area (Å²) in [5.74, 6) is 1.28. The molecule has 3 rings (SSSR count). The summed E-state index contributed by atoms with van der Waals surface area (Å²) in [6.45, 7) is 0. The molecule has 0 unspecified atom stereocenters. The molecule has 1 aliphatic carbocycles. The number of methoxy groups -OCH3 is 2. The van der Waals surface area contributed by atoms with Crippen LogP contribution in [0.1, 0.15) is 11.1 Å². The quantitative estimate of drug-likeness (QED) is 0.856. The molecular weight excluding hydrogens is 364 g/mol. The Balaban J connectivity index is 2.28. The van der Waals surface area contributed by atoms with Gasteiger partial charge >= 0.3 is 0 Å². The minimum atomic E-state index is -1.88. The lowest BCUT2D eigenvalue weighted by Gasteiger charge is -2.29. The highest BCUT2D eigenvalue weighted by molar-refractivity contribution is 6.24. The number of nitrogens with one attached hydrogen (secondary N) is 1. The molecule has 6 nitrogen and oxygen atoms in total. The van der Waals surface area contributed by atoms with Gasteiger partial charge in [-0.25, -0.2) is 0 Å². The zero-order chi connectivity index (χ0) is 21.0. The Morgan fingerprint density at radius 2 is 1.28 bits per heavy atom. The van der Waals surface area contributed by atoms with Gasteiger partial charge in [-0.3, -0.25) is 0 Å². The van der Waals surface area contributed by atoms with E-state index in [4.69, 9.17) is 14.9 Å². The lowest BCUT2D eigenvalue weighted by atomic mass is 9.68. The number of hydrogen-bond donors (Lipinski definition) is 1. The molecule has 0 radical (unpaired) electrons. The van der Waals surface area contributed by atoms with Crippen LogP contribution in [0.25, 0.3) is 11.1 Å². The van der Waals surface area contributed by atoms with Crippen molar-refractivity contribution < 1.29 is 9.47 Å². The molecule has 0 saturated heterocycles. The number of ether oxygens (including phenoxy) is 2. The molecule has 1 aliphatic rings. The third-order valence-corrected chi connectivity index (χ3v) is 4.84. The van der Waals surface area contributed by atoms with E-state index in [1.54, 1.807) is 68.8 Å². The molecule has 2 aromatic rings. The fourth-order valence-electron chi connectivity index (χ4n) is 3.22. The van der Waals surface area contributed by atoms with Crippen molar-refractivity contribution in [3.8, 4) is 29.7 Å². The molecule has 0 heterocycles. The first-order valence-electron chi connectivity index (χ1n) is 8.62. The van der Waals surface area contributed by atoms with Crippen molar-refractivity contribution in [2.45, 2.75) is 0 Å². The first-order chi connectivity index (χ1) is 14.0. The predicted octanol–water partition coefficient (Wildman–Crippen LogP) is 4.13. The number of rotatable bonds is 4.